The Bertz CT molecular complexity index is 684. The van der Waals surface area contributed by atoms with Crippen LogP contribution in [0.25, 0.3) is 10.8 Å². The van der Waals surface area contributed by atoms with E-state index in [4.69, 9.17) is 8.74 Å². The van der Waals surface area contributed by atoms with Gasteiger partial charge >= 0.3 is 11.4 Å². The molecular formula is C22H32O3S. The lowest BCUT2D eigenvalue weighted by Crippen LogP contribution is -1.97. The second kappa shape index (κ2) is 12.1. The fourth-order valence-corrected chi connectivity index (χ4v) is 3.65. The molecule has 0 aliphatic carbocycles. The zero-order valence-corrected chi connectivity index (χ0v) is 16.7. The van der Waals surface area contributed by atoms with E-state index >= 15 is 0 Å². The Morgan fingerprint density at radius 2 is 1.38 bits per heavy atom. The molecule has 0 aromatic heterocycles. The van der Waals surface area contributed by atoms with Crippen molar-refractivity contribution >= 4 is 22.1 Å². The number of hydrogen-bond acceptors (Lipinski definition) is 2. The average molecular weight is 377 g/mol. The fourth-order valence-electron chi connectivity index (χ4n) is 3.38. The van der Waals surface area contributed by atoms with Crippen molar-refractivity contribution in [3.8, 4) is 5.75 Å². The summed E-state index contributed by atoms with van der Waals surface area (Å²) in [7, 11) is 0. The van der Waals surface area contributed by atoms with Gasteiger partial charge in [0.25, 0.3) is 0 Å². The van der Waals surface area contributed by atoms with Gasteiger partial charge in [-0.25, -0.2) is 0 Å². The molecule has 0 bridgehead atoms. The van der Waals surface area contributed by atoms with Gasteiger partial charge in [0.1, 0.15) is 5.75 Å². The van der Waals surface area contributed by atoms with Gasteiger partial charge in [-0.15, -0.1) is 0 Å². The van der Waals surface area contributed by atoms with Crippen LogP contribution in [0.3, 0.4) is 0 Å². The minimum Gasteiger partial charge on any atom is -0.380 e. The van der Waals surface area contributed by atoms with Crippen LogP contribution in [0.5, 0.6) is 5.75 Å². The van der Waals surface area contributed by atoms with Gasteiger partial charge < -0.3 is 4.18 Å². The highest BCUT2D eigenvalue weighted by molar-refractivity contribution is 7.74. The minimum atomic E-state index is -2.27. The molecule has 144 valence electrons. The van der Waals surface area contributed by atoms with Crippen LogP contribution in [0.4, 0.5) is 0 Å². The van der Waals surface area contributed by atoms with Crippen molar-refractivity contribution in [2.24, 2.45) is 0 Å². The first-order valence-corrected chi connectivity index (χ1v) is 11.0. The van der Waals surface area contributed by atoms with Gasteiger partial charge in [-0.05, 0) is 41.3 Å². The van der Waals surface area contributed by atoms with Crippen molar-refractivity contribution in [3.63, 3.8) is 0 Å². The van der Waals surface area contributed by atoms with E-state index in [1.165, 1.54) is 69.8 Å². The van der Waals surface area contributed by atoms with E-state index in [9.17, 15) is 4.21 Å². The predicted molar refractivity (Wildman–Crippen MR) is 111 cm³/mol. The molecule has 4 heteroatoms. The molecule has 3 nitrogen and oxygen atoms in total. The maximum absolute atomic E-state index is 10.7. The molecule has 0 saturated heterocycles. The Balaban J connectivity index is 1.66. The quantitative estimate of drug-likeness (QED) is 0.308. The molecule has 26 heavy (non-hydrogen) atoms. The molecule has 0 fully saturated rings. The molecule has 1 N–H and O–H groups in total. The average Bonchev–Trinajstić information content (AvgIpc) is 2.63. The first-order valence-electron chi connectivity index (χ1n) is 10.0. The Morgan fingerprint density at radius 3 is 2.04 bits per heavy atom. The number of hydrogen-bond donors (Lipinski definition) is 1. The van der Waals surface area contributed by atoms with Crippen LogP contribution in [-0.4, -0.2) is 8.76 Å². The number of benzene rings is 2. The van der Waals surface area contributed by atoms with Crippen molar-refractivity contribution in [1.29, 1.82) is 0 Å². The number of unbranched alkanes of at least 4 members (excludes halogenated alkanes) is 9. The maximum atomic E-state index is 10.7. The lowest BCUT2D eigenvalue weighted by Gasteiger charge is -2.06. The van der Waals surface area contributed by atoms with Crippen LogP contribution >= 0.6 is 0 Å². The zero-order valence-electron chi connectivity index (χ0n) is 15.9. The van der Waals surface area contributed by atoms with Crippen LogP contribution in [-0.2, 0) is 17.8 Å². The van der Waals surface area contributed by atoms with E-state index in [2.05, 4.69) is 25.1 Å². The summed E-state index contributed by atoms with van der Waals surface area (Å²) < 4.78 is 24.3. The third-order valence-corrected chi connectivity index (χ3v) is 5.20. The molecule has 1 unspecified atom stereocenters. The third-order valence-electron chi connectivity index (χ3n) is 4.86. The van der Waals surface area contributed by atoms with Crippen LogP contribution in [0.2, 0.25) is 0 Å². The van der Waals surface area contributed by atoms with Crippen molar-refractivity contribution in [3.05, 3.63) is 42.0 Å². The fraction of sp³-hybridized carbons (Fsp3) is 0.545. The Morgan fingerprint density at radius 1 is 0.808 bits per heavy atom. The monoisotopic (exact) mass is 376 g/mol. The molecule has 0 aliphatic rings. The molecule has 2 rings (SSSR count). The standard InChI is InChI=1S/C22H32O3S/c1-2-3-4-5-6-7-8-9-10-11-12-19-13-14-21-18-22(25-26(23)24)16-15-20(21)17-19/h13-18H,2-12H2,1H3,(H,23,24). The topological polar surface area (TPSA) is 46.5 Å². The summed E-state index contributed by atoms with van der Waals surface area (Å²) in [5.41, 5.74) is 1.36. The SMILES string of the molecule is CCCCCCCCCCCCc1ccc2cc(OS(=O)O)ccc2c1. The molecular weight excluding hydrogens is 344 g/mol. The summed E-state index contributed by atoms with van der Waals surface area (Å²) in [6.45, 7) is 2.27. The second-order valence-corrected chi connectivity index (χ2v) is 7.68. The molecule has 2 aromatic carbocycles. The van der Waals surface area contributed by atoms with Gasteiger partial charge in [0, 0.05) is 0 Å². The molecule has 1 atom stereocenters. The van der Waals surface area contributed by atoms with Gasteiger partial charge in [-0.2, -0.15) is 4.21 Å². The molecule has 0 saturated carbocycles. The van der Waals surface area contributed by atoms with Crippen LogP contribution in [0.1, 0.15) is 76.7 Å². The van der Waals surface area contributed by atoms with Crippen molar-refractivity contribution < 1.29 is 12.9 Å². The molecule has 2 aromatic rings. The predicted octanol–water partition coefficient (Wildman–Crippen LogP) is 6.82. The summed E-state index contributed by atoms with van der Waals surface area (Å²) in [6.07, 6.45) is 14.7. The normalized spacial score (nSPS) is 12.4. The third kappa shape index (κ3) is 7.88. The van der Waals surface area contributed by atoms with Crippen LogP contribution in [0, 0.1) is 0 Å². The number of rotatable bonds is 13. The molecule has 0 radical (unpaired) electrons. The van der Waals surface area contributed by atoms with Gasteiger partial charge in [0.05, 0.1) is 0 Å². The van der Waals surface area contributed by atoms with Crippen molar-refractivity contribution in [2.45, 2.75) is 77.6 Å². The van der Waals surface area contributed by atoms with E-state index in [1.54, 1.807) is 12.1 Å². The summed E-state index contributed by atoms with van der Waals surface area (Å²) in [5.74, 6) is 0.417. The molecule has 0 amide bonds. The van der Waals surface area contributed by atoms with Crippen LogP contribution in [0.15, 0.2) is 36.4 Å². The molecule has 0 spiro atoms. The van der Waals surface area contributed by atoms with Gasteiger partial charge in [-0.3, -0.25) is 4.55 Å². The maximum Gasteiger partial charge on any atom is 0.357 e. The Kier molecular flexibility index (Phi) is 9.72. The Labute approximate surface area is 160 Å². The van der Waals surface area contributed by atoms with Crippen LogP contribution < -0.4 is 4.18 Å². The highest BCUT2D eigenvalue weighted by Crippen LogP contribution is 2.23. The summed E-state index contributed by atoms with van der Waals surface area (Å²) >= 11 is -2.27. The largest absolute Gasteiger partial charge is 0.380 e. The van der Waals surface area contributed by atoms with E-state index in [1.807, 2.05) is 6.07 Å². The summed E-state index contributed by atoms with van der Waals surface area (Å²) in [5, 5.41) is 2.17. The Hall–Kier alpha value is -1.39. The van der Waals surface area contributed by atoms with Gasteiger partial charge in [-0.1, -0.05) is 89.0 Å². The highest BCUT2D eigenvalue weighted by Gasteiger charge is 2.02. The van der Waals surface area contributed by atoms with E-state index in [0.29, 0.717) is 5.75 Å². The van der Waals surface area contributed by atoms with E-state index in [0.717, 1.165) is 17.2 Å². The number of aryl methyl sites for hydroxylation is 1. The van der Waals surface area contributed by atoms with Crippen molar-refractivity contribution in [1.82, 2.24) is 0 Å². The summed E-state index contributed by atoms with van der Waals surface area (Å²) in [6, 6.07) is 11.9. The van der Waals surface area contributed by atoms with Gasteiger partial charge in [0.15, 0.2) is 0 Å². The molecule has 0 heterocycles. The summed E-state index contributed by atoms with van der Waals surface area (Å²) in [4.78, 5) is 0. The molecule has 0 aliphatic heterocycles. The van der Waals surface area contributed by atoms with Crippen molar-refractivity contribution in [2.75, 3.05) is 0 Å². The smallest absolute Gasteiger partial charge is 0.357 e. The number of fused-ring (bicyclic) bond motifs is 1. The highest BCUT2D eigenvalue weighted by atomic mass is 32.2. The first kappa shape index (κ1) is 20.9. The van der Waals surface area contributed by atoms with E-state index < -0.39 is 11.4 Å². The zero-order chi connectivity index (χ0) is 18.6. The van der Waals surface area contributed by atoms with Gasteiger partial charge in [0.2, 0.25) is 0 Å². The van der Waals surface area contributed by atoms with E-state index in [-0.39, 0.29) is 0 Å². The first-order chi connectivity index (χ1) is 12.7. The lowest BCUT2D eigenvalue weighted by atomic mass is 10.0. The minimum absolute atomic E-state index is 0.417. The lowest BCUT2D eigenvalue weighted by molar-refractivity contribution is 0.458. The second-order valence-electron chi connectivity index (χ2n) is 7.08.